The third-order valence-electron chi connectivity index (χ3n) is 5.42. The number of imidazole rings is 1. The van der Waals surface area contributed by atoms with Crippen molar-refractivity contribution in [3.63, 3.8) is 0 Å². The SMILES string of the molecule is c1cncc(CO/N=C2\c3ccccc3-c3c2cccc3-c2nc3ccncc3[nH]2)c1. The summed E-state index contributed by atoms with van der Waals surface area (Å²) < 4.78 is 0. The molecule has 0 bridgehead atoms. The summed E-state index contributed by atoms with van der Waals surface area (Å²) in [5.74, 6) is 0.812. The van der Waals surface area contributed by atoms with E-state index in [0.717, 1.165) is 56.0 Å². The molecule has 148 valence electrons. The van der Waals surface area contributed by atoms with Gasteiger partial charge in [-0.1, -0.05) is 53.7 Å². The van der Waals surface area contributed by atoms with Crippen LogP contribution in [0.2, 0.25) is 0 Å². The first-order valence-electron chi connectivity index (χ1n) is 10.0. The van der Waals surface area contributed by atoms with E-state index in [1.807, 2.05) is 36.4 Å². The Hall–Kier alpha value is -4.32. The normalized spacial score (nSPS) is 13.4. The van der Waals surface area contributed by atoms with Gasteiger partial charge in [0.2, 0.25) is 0 Å². The smallest absolute Gasteiger partial charge is 0.143 e. The number of aromatic amines is 1. The van der Waals surface area contributed by atoms with E-state index in [2.05, 4.69) is 44.4 Å². The van der Waals surface area contributed by atoms with E-state index in [9.17, 15) is 0 Å². The van der Waals surface area contributed by atoms with Crippen LogP contribution in [0.3, 0.4) is 0 Å². The van der Waals surface area contributed by atoms with E-state index in [4.69, 9.17) is 9.82 Å². The molecule has 6 rings (SSSR count). The van der Waals surface area contributed by atoms with Crippen molar-refractivity contribution in [2.75, 3.05) is 0 Å². The maximum Gasteiger partial charge on any atom is 0.143 e. The molecule has 0 radical (unpaired) electrons. The van der Waals surface area contributed by atoms with Gasteiger partial charge in [0.05, 0.1) is 17.2 Å². The van der Waals surface area contributed by atoms with E-state index in [-0.39, 0.29) is 0 Å². The number of hydrogen-bond acceptors (Lipinski definition) is 5. The zero-order valence-corrected chi connectivity index (χ0v) is 16.5. The third kappa shape index (κ3) is 2.97. The monoisotopic (exact) mass is 403 g/mol. The fourth-order valence-electron chi connectivity index (χ4n) is 4.03. The number of hydrogen-bond donors (Lipinski definition) is 1. The van der Waals surface area contributed by atoms with Crippen molar-refractivity contribution in [3.05, 3.63) is 102 Å². The van der Waals surface area contributed by atoms with Crippen molar-refractivity contribution in [1.29, 1.82) is 0 Å². The minimum Gasteiger partial charge on any atom is -0.390 e. The van der Waals surface area contributed by atoms with E-state index >= 15 is 0 Å². The van der Waals surface area contributed by atoms with Crippen LogP contribution in [0.15, 0.2) is 90.6 Å². The Morgan fingerprint density at radius 1 is 0.774 bits per heavy atom. The zero-order valence-electron chi connectivity index (χ0n) is 16.5. The second-order valence-electron chi connectivity index (χ2n) is 7.33. The third-order valence-corrected chi connectivity index (χ3v) is 5.42. The number of rotatable bonds is 4. The molecule has 0 saturated carbocycles. The molecule has 6 heteroatoms. The Morgan fingerprint density at radius 3 is 2.48 bits per heavy atom. The van der Waals surface area contributed by atoms with Gasteiger partial charge in [-0.2, -0.15) is 0 Å². The molecule has 0 aliphatic heterocycles. The Morgan fingerprint density at radius 2 is 1.61 bits per heavy atom. The highest BCUT2D eigenvalue weighted by Crippen LogP contribution is 2.42. The number of aromatic nitrogens is 4. The van der Waals surface area contributed by atoms with E-state index in [1.165, 1.54) is 0 Å². The molecule has 0 spiro atoms. The van der Waals surface area contributed by atoms with Crippen LogP contribution < -0.4 is 0 Å². The van der Waals surface area contributed by atoms with Gasteiger partial charge in [0, 0.05) is 46.4 Å². The molecule has 5 aromatic rings. The quantitative estimate of drug-likeness (QED) is 0.422. The molecule has 1 aliphatic rings. The molecular formula is C25H17N5O. The second-order valence-corrected chi connectivity index (χ2v) is 7.33. The van der Waals surface area contributed by atoms with Crippen molar-refractivity contribution in [2.24, 2.45) is 5.16 Å². The first-order chi connectivity index (χ1) is 15.4. The molecule has 0 fully saturated rings. The predicted molar refractivity (Wildman–Crippen MR) is 119 cm³/mol. The molecule has 0 amide bonds. The average Bonchev–Trinajstić information content (AvgIpc) is 3.40. The molecule has 0 atom stereocenters. The van der Waals surface area contributed by atoms with Gasteiger partial charge in [-0.3, -0.25) is 9.97 Å². The lowest BCUT2D eigenvalue weighted by atomic mass is 9.99. The Kier molecular flexibility index (Phi) is 4.06. The zero-order chi connectivity index (χ0) is 20.6. The van der Waals surface area contributed by atoms with Crippen LogP contribution >= 0.6 is 0 Å². The lowest BCUT2D eigenvalue weighted by Crippen LogP contribution is -2.00. The average molecular weight is 403 g/mol. The molecule has 3 heterocycles. The first kappa shape index (κ1) is 17.5. The summed E-state index contributed by atoms with van der Waals surface area (Å²) in [6.07, 6.45) is 7.07. The van der Waals surface area contributed by atoms with E-state index in [0.29, 0.717) is 6.61 Å². The van der Waals surface area contributed by atoms with Gasteiger partial charge in [-0.15, -0.1) is 0 Å². The number of H-pyrrole nitrogens is 1. The Labute approximate surface area is 178 Å². The summed E-state index contributed by atoms with van der Waals surface area (Å²) in [5.41, 5.74) is 8.94. The van der Waals surface area contributed by atoms with E-state index in [1.54, 1.807) is 24.8 Å². The minimum absolute atomic E-state index is 0.366. The van der Waals surface area contributed by atoms with Crippen molar-refractivity contribution in [1.82, 2.24) is 19.9 Å². The maximum absolute atomic E-state index is 5.73. The summed E-state index contributed by atoms with van der Waals surface area (Å²) in [5, 5.41) is 4.53. The van der Waals surface area contributed by atoms with Crippen LogP contribution in [-0.2, 0) is 11.4 Å². The fraction of sp³-hybridized carbons (Fsp3) is 0.0400. The molecule has 6 nitrogen and oxygen atoms in total. The predicted octanol–water partition coefficient (Wildman–Crippen LogP) is 4.97. The maximum atomic E-state index is 5.73. The number of nitrogens with one attached hydrogen (secondary N) is 1. The summed E-state index contributed by atoms with van der Waals surface area (Å²) in [4.78, 5) is 22.2. The standard InChI is InChI=1S/C25H17N5O/c1-2-7-18-17(6-1)23-19(24(18)30-31-15-16-5-4-11-26-13-16)8-3-9-20(23)25-28-21-10-12-27-14-22(21)29-25/h1-14H,15H2,(H,28,29)/b30-24+. The van der Waals surface area contributed by atoms with E-state index < -0.39 is 0 Å². The van der Waals surface area contributed by atoms with Crippen LogP contribution in [0.4, 0.5) is 0 Å². The second kappa shape index (κ2) is 7.18. The first-order valence-corrected chi connectivity index (χ1v) is 10.0. The van der Waals surface area contributed by atoms with Gasteiger partial charge in [0.15, 0.2) is 0 Å². The molecule has 3 aromatic heterocycles. The van der Waals surface area contributed by atoms with Crippen LogP contribution in [0, 0.1) is 0 Å². The van der Waals surface area contributed by atoms with Crippen LogP contribution in [0.1, 0.15) is 16.7 Å². The molecule has 0 saturated heterocycles. The van der Waals surface area contributed by atoms with Crippen molar-refractivity contribution in [3.8, 4) is 22.5 Å². The number of fused-ring (bicyclic) bond motifs is 4. The van der Waals surface area contributed by atoms with Gasteiger partial charge in [0.25, 0.3) is 0 Å². The fourth-order valence-corrected chi connectivity index (χ4v) is 4.03. The van der Waals surface area contributed by atoms with Gasteiger partial charge < -0.3 is 9.82 Å². The van der Waals surface area contributed by atoms with Crippen LogP contribution in [0.5, 0.6) is 0 Å². The molecule has 0 unspecified atom stereocenters. The summed E-state index contributed by atoms with van der Waals surface area (Å²) >= 11 is 0. The Bertz CT molecular complexity index is 1410. The Balaban J connectivity index is 1.46. The minimum atomic E-state index is 0.366. The highest BCUT2D eigenvalue weighted by atomic mass is 16.6. The summed E-state index contributed by atoms with van der Waals surface area (Å²) in [6, 6.07) is 20.2. The van der Waals surface area contributed by atoms with Gasteiger partial charge in [0.1, 0.15) is 18.1 Å². The molecular weight excluding hydrogens is 386 g/mol. The van der Waals surface area contributed by atoms with Crippen LogP contribution in [0.25, 0.3) is 33.5 Å². The summed E-state index contributed by atoms with van der Waals surface area (Å²) in [7, 11) is 0. The van der Waals surface area contributed by atoms with Crippen molar-refractivity contribution < 1.29 is 4.84 Å². The number of pyridine rings is 2. The van der Waals surface area contributed by atoms with Gasteiger partial charge in [-0.05, 0) is 17.7 Å². The summed E-state index contributed by atoms with van der Waals surface area (Å²) in [6.45, 7) is 0.366. The van der Waals surface area contributed by atoms with Crippen LogP contribution in [-0.4, -0.2) is 25.6 Å². The van der Waals surface area contributed by atoms with Crippen molar-refractivity contribution in [2.45, 2.75) is 6.61 Å². The van der Waals surface area contributed by atoms with Gasteiger partial charge >= 0.3 is 0 Å². The molecule has 1 aliphatic carbocycles. The molecule has 2 aromatic carbocycles. The largest absolute Gasteiger partial charge is 0.390 e. The highest BCUT2D eigenvalue weighted by Gasteiger charge is 2.28. The van der Waals surface area contributed by atoms with Gasteiger partial charge in [-0.25, -0.2) is 4.98 Å². The number of nitrogens with zero attached hydrogens (tertiary/aromatic N) is 4. The number of benzene rings is 2. The lowest BCUT2D eigenvalue weighted by molar-refractivity contribution is 0.130. The van der Waals surface area contributed by atoms with Crippen molar-refractivity contribution >= 4 is 16.7 Å². The topological polar surface area (TPSA) is 76.1 Å². The lowest BCUT2D eigenvalue weighted by Gasteiger charge is -2.07. The number of oxime groups is 1. The highest BCUT2D eigenvalue weighted by molar-refractivity contribution is 6.26. The molecule has 31 heavy (non-hydrogen) atoms. The molecule has 1 N–H and O–H groups in total.